The van der Waals surface area contributed by atoms with Gasteiger partial charge < -0.3 is 0 Å². The molecule has 8 aliphatic rings. The molecule has 0 spiro atoms. The molecule has 8 fully saturated rings. The van der Waals surface area contributed by atoms with Crippen LogP contribution in [0, 0.1) is 64.1 Å². The van der Waals surface area contributed by atoms with E-state index in [4.69, 9.17) is 0 Å². The second-order valence-corrected chi connectivity index (χ2v) is 12.1. The number of hydrogen-bond acceptors (Lipinski definition) is 0. The van der Waals surface area contributed by atoms with E-state index in [1.54, 1.807) is 57.8 Å². The van der Waals surface area contributed by atoms with Crippen molar-refractivity contribution in [3.05, 3.63) is 35.9 Å². The molecule has 8 bridgehead atoms. The fraction of sp³-hybridized carbons (Fsp3) is 0.714. The van der Waals surface area contributed by atoms with E-state index in [9.17, 15) is 0 Å². The maximum Gasteiger partial charge on any atom is 0.0296 e. The van der Waals surface area contributed by atoms with Gasteiger partial charge in [-0.2, -0.15) is 0 Å². The van der Waals surface area contributed by atoms with Crippen LogP contribution in [-0.2, 0) is 0 Å². The Morgan fingerprint density at radius 1 is 0.643 bits per heavy atom. The fourth-order valence-electron chi connectivity index (χ4n) is 10.5. The minimum absolute atomic E-state index is 0.583. The number of rotatable bonds is 1. The summed E-state index contributed by atoms with van der Waals surface area (Å²) in [5.41, 5.74) is 2.49. The summed E-state index contributed by atoms with van der Waals surface area (Å²) >= 11 is 0. The third-order valence-corrected chi connectivity index (χ3v) is 10.6. The van der Waals surface area contributed by atoms with E-state index < -0.39 is 0 Å². The van der Waals surface area contributed by atoms with Crippen molar-refractivity contribution in [3.63, 3.8) is 0 Å². The van der Waals surface area contributed by atoms with E-state index in [2.05, 4.69) is 42.2 Å². The molecule has 146 valence electrons. The first-order valence-corrected chi connectivity index (χ1v) is 12.3. The molecular formula is C28H34. The monoisotopic (exact) mass is 370 g/mol. The summed E-state index contributed by atoms with van der Waals surface area (Å²) in [7, 11) is 0. The number of benzene rings is 1. The predicted octanol–water partition coefficient (Wildman–Crippen LogP) is 6.70. The van der Waals surface area contributed by atoms with Gasteiger partial charge in [0.25, 0.3) is 0 Å². The van der Waals surface area contributed by atoms with Crippen LogP contribution in [0.15, 0.2) is 30.3 Å². The molecular weight excluding hydrogens is 336 g/mol. The molecule has 0 heterocycles. The first-order chi connectivity index (χ1) is 13.7. The van der Waals surface area contributed by atoms with E-state index in [0.29, 0.717) is 16.7 Å². The van der Waals surface area contributed by atoms with E-state index in [1.807, 2.05) is 0 Å². The highest BCUT2D eigenvalue weighted by Crippen LogP contribution is 2.76. The van der Waals surface area contributed by atoms with Gasteiger partial charge in [-0.05, 0) is 129 Å². The van der Waals surface area contributed by atoms with Crippen molar-refractivity contribution in [2.45, 2.75) is 70.6 Å². The van der Waals surface area contributed by atoms with Gasteiger partial charge in [-0.15, -0.1) is 0 Å². The van der Waals surface area contributed by atoms with Crippen LogP contribution < -0.4 is 0 Å². The molecule has 0 amide bonds. The molecule has 0 aromatic heterocycles. The largest absolute Gasteiger partial charge is 0.0936 e. The van der Waals surface area contributed by atoms with Crippen molar-refractivity contribution in [1.29, 1.82) is 0 Å². The van der Waals surface area contributed by atoms with Crippen LogP contribution in [0.5, 0.6) is 0 Å². The Morgan fingerprint density at radius 2 is 1.18 bits per heavy atom. The van der Waals surface area contributed by atoms with Crippen molar-refractivity contribution in [2.75, 3.05) is 0 Å². The van der Waals surface area contributed by atoms with Gasteiger partial charge in [0, 0.05) is 11.5 Å². The topological polar surface area (TPSA) is 0 Å². The highest BCUT2D eigenvalue weighted by atomic mass is 14.7. The molecule has 8 aliphatic carbocycles. The van der Waals surface area contributed by atoms with Crippen molar-refractivity contribution >= 4 is 0 Å². The van der Waals surface area contributed by atoms with Gasteiger partial charge >= 0.3 is 0 Å². The van der Waals surface area contributed by atoms with Gasteiger partial charge in [-0.1, -0.05) is 30.0 Å². The molecule has 28 heavy (non-hydrogen) atoms. The molecule has 3 atom stereocenters. The fourth-order valence-corrected chi connectivity index (χ4v) is 10.5. The smallest absolute Gasteiger partial charge is 0.0296 e. The molecule has 8 saturated carbocycles. The zero-order valence-electron chi connectivity index (χ0n) is 17.2. The molecule has 0 N–H and O–H groups in total. The molecule has 0 nitrogen and oxygen atoms in total. The third kappa shape index (κ3) is 2.20. The first kappa shape index (κ1) is 16.6. The predicted molar refractivity (Wildman–Crippen MR) is 113 cm³/mol. The lowest BCUT2D eigenvalue weighted by atomic mass is 9.32. The minimum atomic E-state index is 0.583. The minimum Gasteiger partial charge on any atom is -0.0936 e. The molecule has 1 aromatic rings. The van der Waals surface area contributed by atoms with Crippen LogP contribution in [0.2, 0.25) is 0 Å². The summed E-state index contributed by atoms with van der Waals surface area (Å²) < 4.78 is 0. The molecule has 0 radical (unpaired) electrons. The quantitative estimate of drug-likeness (QED) is 0.483. The Balaban J connectivity index is 1.33. The highest BCUT2D eigenvalue weighted by molar-refractivity contribution is 5.36. The molecule has 0 aliphatic heterocycles. The Kier molecular flexibility index (Phi) is 3.36. The summed E-state index contributed by atoms with van der Waals surface area (Å²) in [5, 5.41) is 0. The van der Waals surface area contributed by atoms with Crippen molar-refractivity contribution < 1.29 is 0 Å². The van der Waals surface area contributed by atoms with Crippen molar-refractivity contribution in [1.82, 2.24) is 0 Å². The normalized spacial score (nSPS) is 52.5. The summed E-state index contributed by atoms with van der Waals surface area (Å²) in [5.74, 6) is 14.6. The van der Waals surface area contributed by atoms with E-state index in [1.165, 1.54) is 18.4 Å². The van der Waals surface area contributed by atoms with E-state index in [-0.39, 0.29) is 0 Å². The van der Waals surface area contributed by atoms with Gasteiger partial charge in [0.05, 0.1) is 0 Å². The first-order valence-electron chi connectivity index (χ1n) is 12.3. The van der Waals surface area contributed by atoms with Gasteiger partial charge in [-0.25, -0.2) is 0 Å². The number of hydrogen-bond donors (Lipinski definition) is 0. The van der Waals surface area contributed by atoms with E-state index in [0.717, 1.165) is 35.5 Å². The lowest BCUT2D eigenvalue weighted by molar-refractivity contribution is -0.218. The molecule has 9 rings (SSSR count). The van der Waals surface area contributed by atoms with E-state index >= 15 is 0 Å². The average Bonchev–Trinajstić information content (AvgIpc) is 2.66. The van der Waals surface area contributed by atoms with Crippen LogP contribution in [0.3, 0.4) is 0 Å². The zero-order chi connectivity index (χ0) is 18.3. The third-order valence-electron chi connectivity index (χ3n) is 10.6. The second kappa shape index (κ2) is 5.68. The Labute approximate surface area is 170 Å². The summed E-state index contributed by atoms with van der Waals surface area (Å²) in [6.07, 6.45) is 17.1. The molecule has 1 aromatic carbocycles. The second-order valence-electron chi connectivity index (χ2n) is 12.1. The van der Waals surface area contributed by atoms with Crippen LogP contribution in [0.25, 0.3) is 0 Å². The van der Waals surface area contributed by atoms with Gasteiger partial charge in [0.2, 0.25) is 0 Å². The van der Waals surface area contributed by atoms with Crippen LogP contribution >= 0.6 is 0 Å². The van der Waals surface area contributed by atoms with Gasteiger partial charge in [0.1, 0.15) is 0 Å². The molecule has 0 heteroatoms. The lowest BCUT2D eigenvalue weighted by Crippen LogP contribution is -2.64. The van der Waals surface area contributed by atoms with Crippen LogP contribution in [0.4, 0.5) is 0 Å². The summed E-state index contributed by atoms with van der Waals surface area (Å²) in [6, 6.07) is 10.8. The molecule has 0 saturated heterocycles. The maximum atomic E-state index is 4.00. The zero-order valence-corrected chi connectivity index (χ0v) is 17.2. The Morgan fingerprint density at radius 3 is 1.75 bits per heavy atom. The van der Waals surface area contributed by atoms with Gasteiger partial charge in [0.15, 0.2) is 0 Å². The Hall–Kier alpha value is -1.22. The van der Waals surface area contributed by atoms with Crippen LogP contribution in [0.1, 0.15) is 76.2 Å². The Bertz CT molecular complexity index is 787. The highest BCUT2D eigenvalue weighted by Gasteiger charge is 2.68. The SMILES string of the molecule is C(#CC1C2CC3CC(C2)CC1(C12CC4CC(CC(C4)C1)C2)C3)c1ccccc1. The summed E-state index contributed by atoms with van der Waals surface area (Å²) in [4.78, 5) is 0. The van der Waals surface area contributed by atoms with Crippen molar-refractivity contribution in [3.8, 4) is 11.8 Å². The lowest BCUT2D eigenvalue weighted by Gasteiger charge is -2.72. The molecule has 3 unspecified atom stereocenters. The maximum absolute atomic E-state index is 4.00. The van der Waals surface area contributed by atoms with Crippen LogP contribution in [-0.4, -0.2) is 0 Å². The average molecular weight is 371 g/mol. The summed E-state index contributed by atoms with van der Waals surface area (Å²) in [6.45, 7) is 0. The van der Waals surface area contributed by atoms with Gasteiger partial charge in [-0.3, -0.25) is 0 Å². The standard InChI is InChI=1S/C28H34/c1-2-4-19(5-3-1)6-7-26-25-12-23-11-24(13-25)18-28(26,17-23)27-14-20-8-21(15-27)10-22(9-20)16-27/h1-5,20-26H,8-18H2. The van der Waals surface area contributed by atoms with Crippen molar-refractivity contribution in [2.24, 2.45) is 52.3 Å².